The van der Waals surface area contributed by atoms with Crippen LogP contribution < -0.4 is 14.8 Å². The lowest BCUT2D eigenvalue weighted by Crippen LogP contribution is -2.22. The lowest BCUT2D eigenvalue weighted by atomic mass is 9.92. The Hall–Kier alpha value is -2.84. The minimum atomic E-state index is -0.850. The van der Waals surface area contributed by atoms with E-state index in [0.717, 1.165) is 11.1 Å². The Balaban J connectivity index is 1.75. The molecule has 1 amide bonds. The quantitative estimate of drug-likeness (QED) is 0.523. The highest BCUT2D eigenvalue weighted by Crippen LogP contribution is 2.42. The van der Waals surface area contributed by atoms with E-state index in [-0.39, 0.29) is 18.1 Å². The van der Waals surface area contributed by atoms with Crippen molar-refractivity contribution in [2.75, 3.05) is 12.1 Å². The van der Waals surface area contributed by atoms with Gasteiger partial charge >= 0.3 is 0 Å². The summed E-state index contributed by atoms with van der Waals surface area (Å²) >= 11 is 6.37. The number of rotatable bonds is 6. The average molecular weight is 473 g/mol. The van der Waals surface area contributed by atoms with Crippen LogP contribution in [0.1, 0.15) is 47.5 Å². The van der Waals surface area contributed by atoms with Crippen LogP contribution in [-0.2, 0) is 11.3 Å². The van der Waals surface area contributed by atoms with Crippen LogP contribution in [0.5, 0.6) is 11.5 Å². The standard InChI is InChI=1S/C24H29ClN4O4/c1-23(2,3)11-19(30)27-21-16-8-15(14-9-17(25)20-18(10-14)32-13-33-20)12-26-22(16)29(28-21)7-6-24(4,5)31/h8-10,12,31H,6-7,11,13H2,1-5H3,(H,27,28,30). The number of aromatic nitrogens is 3. The Morgan fingerprint density at radius 2 is 1.94 bits per heavy atom. The topological polar surface area (TPSA) is 98.5 Å². The van der Waals surface area contributed by atoms with Gasteiger partial charge in [-0.2, -0.15) is 5.10 Å². The van der Waals surface area contributed by atoms with Gasteiger partial charge in [0, 0.05) is 24.7 Å². The molecule has 0 saturated carbocycles. The average Bonchev–Trinajstić information content (AvgIpc) is 3.29. The molecule has 0 atom stereocenters. The number of aryl methyl sites for hydroxylation is 1. The van der Waals surface area contributed by atoms with Gasteiger partial charge in [-0.25, -0.2) is 9.67 Å². The number of aliphatic hydroxyl groups is 1. The fraction of sp³-hybridized carbons (Fsp3) is 0.458. The molecule has 8 nitrogen and oxygen atoms in total. The van der Waals surface area contributed by atoms with Crippen molar-refractivity contribution in [3.8, 4) is 22.6 Å². The van der Waals surface area contributed by atoms with E-state index in [2.05, 4.69) is 15.4 Å². The zero-order valence-corrected chi connectivity index (χ0v) is 20.3. The van der Waals surface area contributed by atoms with Crippen molar-refractivity contribution in [1.29, 1.82) is 0 Å². The number of nitrogens with zero attached hydrogens (tertiary/aromatic N) is 3. The van der Waals surface area contributed by atoms with Crippen LogP contribution in [0.2, 0.25) is 5.02 Å². The number of fused-ring (bicyclic) bond motifs is 2. The first-order chi connectivity index (χ1) is 15.4. The van der Waals surface area contributed by atoms with Gasteiger partial charge in [-0.1, -0.05) is 32.4 Å². The molecule has 1 aliphatic heterocycles. The zero-order valence-electron chi connectivity index (χ0n) is 19.5. The number of carbonyl (C=O) groups excluding carboxylic acids is 1. The molecule has 0 unspecified atom stereocenters. The van der Waals surface area contributed by atoms with Gasteiger partial charge in [-0.05, 0) is 49.4 Å². The molecule has 0 radical (unpaired) electrons. The maximum absolute atomic E-state index is 12.7. The number of nitrogens with one attached hydrogen (secondary N) is 1. The van der Waals surface area contributed by atoms with Crippen molar-refractivity contribution >= 4 is 34.4 Å². The summed E-state index contributed by atoms with van der Waals surface area (Å²) in [6, 6.07) is 5.58. The maximum atomic E-state index is 12.7. The van der Waals surface area contributed by atoms with Gasteiger partial charge in [0.05, 0.1) is 16.0 Å². The molecular formula is C24H29ClN4O4. The molecule has 3 heterocycles. The summed E-state index contributed by atoms with van der Waals surface area (Å²) in [6.45, 7) is 10.1. The zero-order chi connectivity index (χ0) is 24.0. The molecule has 0 spiro atoms. The monoisotopic (exact) mass is 472 g/mol. The summed E-state index contributed by atoms with van der Waals surface area (Å²) in [5.74, 6) is 1.44. The molecular weight excluding hydrogens is 444 g/mol. The minimum absolute atomic E-state index is 0.118. The third kappa shape index (κ3) is 5.39. The molecule has 0 saturated heterocycles. The first-order valence-corrected chi connectivity index (χ1v) is 11.3. The van der Waals surface area contributed by atoms with Crippen LogP contribution in [0.25, 0.3) is 22.2 Å². The van der Waals surface area contributed by atoms with Gasteiger partial charge < -0.3 is 19.9 Å². The largest absolute Gasteiger partial charge is 0.454 e. The number of anilines is 1. The number of hydrogen-bond donors (Lipinski definition) is 2. The molecule has 1 aliphatic rings. The van der Waals surface area contributed by atoms with E-state index < -0.39 is 5.60 Å². The number of pyridine rings is 1. The van der Waals surface area contributed by atoms with Gasteiger partial charge in [-0.3, -0.25) is 4.79 Å². The van der Waals surface area contributed by atoms with Crippen molar-refractivity contribution in [2.24, 2.45) is 5.41 Å². The molecule has 0 fully saturated rings. The molecule has 2 N–H and O–H groups in total. The molecule has 4 rings (SSSR count). The number of benzene rings is 1. The van der Waals surface area contributed by atoms with Crippen molar-refractivity contribution in [2.45, 2.75) is 59.6 Å². The van der Waals surface area contributed by atoms with Crippen molar-refractivity contribution in [3.05, 3.63) is 29.4 Å². The Labute approximate surface area is 197 Å². The Morgan fingerprint density at radius 1 is 1.18 bits per heavy atom. The number of hydrogen-bond acceptors (Lipinski definition) is 6. The first-order valence-electron chi connectivity index (χ1n) is 10.9. The summed E-state index contributed by atoms with van der Waals surface area (Å²) in [4.78, 5) is 17.3. The molecule has 1 aromatic carbocycles. The first kappa shape index (κ1) is 23.3. The van der Waals surface area contributed by atoms with E-state index in [1.165, 1.54) is 0 Å². The Morgan fingerprint density at radius 3 is 2.64 bits per heavy atom. The highest BCUT2D eigenvalue weighted by Gasteiger charge is 2.22. The second-order valence-electron chi connectivity index (χ2n) is 10.2. The van der Waals surface area contributed by atoms with Crippen molar-refractivity contribution in [3.63, 3.8) is 0 Å². The number of halogens is 1. The van der Waals surface area contributed by atoms with E-state index in [0.29, 0.717) is 52.8 Å². The van der Waals surface area contributed by atoms with Gasteiger partial charge in [0.25, 0.3) is 0 Å². The number of amides is 1. The maximum Gasteiger partial charge on any atom is 0.231 e. The molecule has 2 aromatic heterocycles. The Kier molecular flexibility index (Phi) is 6.01. The lowest BCUT2D eigenvalue weighted by Gasteiger charge is -2.17. The van der Waals surface area contributed by atoms with Crippen LogP contribution in [0.3, 0.4) is 0 Å². The van der Waals surface area contributed by atoms with E-state index in [4.69, 9.17) is 21.1 Å². The van der Waals surface area contributed by atoms with E-state index in [9.17, 15) is 9.90 Å². The summed E-state index contributed by atoms with van der Waals surface area (Å²) in [5.41, 5.74) is 1.24. The SMILES string of the molecule is CC(C)(C)CC(=O)Nc1nn(CCC(C)(C)O)c2ncc(-c3cc(Cl)c4c(c3)OCO4)cc12. The molecule has 0 bridgehead atoms. The molecule has 176 valence electrons. The summed E-state index contributed by atoms with van der Waals surface area (Å²) in [5, 5.41) is 18.9. The van der Waals surface area contributed by atoms with E-state index in [1.807, 2.05) is 32.9 Å². The lowest BCUT2D eigenvalue weighted by molar-refractivity contribution is -0.117. The van der Waals surface area contributed by atoms with Crippen LogP contribution in [0.4, 0.5) is 5.82 Å². The molecule has 9 heteroatoms. The van der Waals surface area contributed by atoms with Crippen LogP contribution >= 0.6 is 11.6 Å². The van der Waals surface area contributed by atoms with Crippen LogP contribution in [0.15, 0.2) is 24.4 Å². The predicted molar refractivity (Wildman–Crippen MR) is 128 cm³/mol. The Bertz CT molecular complexity index is 1210. The van der Waals surface area contributed by atoms with Crippen LogP contribution in [0, 0.1) is 5.41 Å². The highest BCUT2D eigenvalue weighted by atomic mass is 35.5. The summed E-state index contributed by atoms with van der Waals surface area (Å²) < 4.78 is 12.6. The number of ether oxygens (including phenoxy) is 2. The van der Waals surface area contributed by atoms with Crippen LogP contribution in [-0.4, -0.2) is 38.2 Å². The molecule has 33 heavy (non-hydrogen) atoms. The van der Waals surface area contributed by atoms with E-state index >= 15 is 0 Å². The number of carbonyl (C=O) groups is 1. The third-order valence-corrected chi connectivity index (χ3v) is 5.51. The van der Waals surface area contributed by atoms with Gasteiger partial charge in [-0.15, -0.1) is 0 Å². The summed E-state index contributed by atoms with van der Waals surface area (Å²) in [6.07, 6.45) is 2.58. The van der Waals surface area contributed by atoms with E-state index in [1.54, 1.807) is 30.8 Å². The molecule has 0 aliphatic carbocycles. The predicted octanol–water partition coefficient (Wildman–Crippen LogP) is 5.02. The minimum Gasteiger partial charge on any atom is -0.454 e. The fourth-order valence-electron chi connectivity index (χ4n) is 3.64. The van der Waals surface area contributed by atoms with Gasteiger partial charge in [0.2, 0.25) is 12.7 Å². The van der Waals surface area contributed by atoms with Gasteiger partial charge in [0.15, 0.2) is 23.0 Å². The smallest absolute Gasteiger partial charge is 0.231 e. The fourth-order valence-corrected chi connectivity index (χ4v) is 3.90. The van der Waals surface area contributed by atoms with Gasteiger partial charge in [0.1, 0.15) is 0 Å². The third-order valence-electron chi connectivity index (χ3n) is 5.23. The normalized spacial score (nSPS) is 13.5. The molecule has 3 aromatic rings. The second-order valence-corrected chi connectivity index (χ2v) is 10.6. The highest BCUT2D eigenvalue weighted by molar-refractivity contribution is 6.32. The summed E-state index contributed by atoms with van der Waals surface area (Å²) in [7, 11) is 0. The van der Waals surface area contributed by atoms with Crippen molar-refractivity contribution in [1.82, 2.24) is 14.8 Å². The second kappa shape index (κ2) is 8.50. The van der Waals surface area contributed by atoms with Crippen molar-refractivity contribution < 1.29 is 19.4 Å².